The van der Waals surface area contributed by atoms with Gasteiger partial charge in [0.1, 0.15) is 11.4 Å². The first kappa shape index (κ1) is 12.8. The summed E-state index contributed by atoms with van der Waals surface area (Å²) in [6, 6.07) is 0. The summed E-state index contributed by atoms with van der Waals surface area (Å²) in [6.07, 6.45) is 10.3. The van der Waals surface area contributed by atoms with E-state index in [4.69, 9.17) is 10.5 Å². The van der Waals surface area contributed by atoms with Gasteiger partial charge in [-0.25, -0.2) is 0 Å². The smallest absolute Gasteiger partial charge is 0.120 e. The van der Waals surface area contributed by atoms with Gasteiger partial charge in [-0.1, -0.05) is 6.08 Å². The molecule has 2 nitrogen and oxygen atoms in total. The molecule has 0 aromatic rings. The maximum absolute atomic E-state index is 6.01. The Labute approximate surface area is 98.2 Å². The Balaban J connectivity index is 2.66. The Morgan fingerprint density at radius 3 is 2.56 bits per heavy atom. The molecule has 88 valence electrons. The predicted octanol–water partition coefficient (Wildman–Crippen LogP) is 3.07. The summed E-state index contributed by atoms with van der Waals surface area (Å²) in [4.78, 5) is 0. The third kappa shape index (κ3) is 5.01. The number of nitrogens with two attached hydrogens (primary N) is 1. The quantitative estimate of drug-likeness (QED) is 0.737. The van der Waals surface area contributed by atoms with Crippen molar-refractivity contribution in [1.82, 2.24) is 0 Å². The highest BCUT2D eigenvalue weighted by Crippen LogP contribution is 2.25. The molecule has 0 heterocycles. The van der Waals surface area contributed by atoms with Crippen LogP contribution in [0.3, 0.4) is 0 Å². The SMILES string of the molecule is CC(C)(N)CC(C)(C)OC1=CC=C=CC=C1. The van der Waals surface area contributed by atoms with Crippen molar-refractivity contribution in [3.8, 4) is 0 Å². The average Bonchev–Trinajstić information content (AvgIpc) is 2.26. The van der Waals surface area contributed by atoms with Crippen LogP contribution in [0.25, 0.3) is 0 Å². The molecule has 0 spiro atoms. The van der Waals surface area contributed by atoms with E-state index < -0.39 is 0 Å². The molecular formula is C14H21NO. The molecule has 0 amide bonds. The van der Waals surface area contributed by atoms with E-state index in [2.05, 4.69) is 19.6 Å². The molecule has 2 N–H and O–H groups in total. The van der Waals surface area contributed by atoms with E-state index >= 15 is 0 Å². The number of rotatable bonds is 4. The molecule has 0 saturated carbocycles. The molecule has 0 aromatic heterocycles. The fraction of sp³-hybridized carbons (Fsp3) is 0.500. The zero-order valence-electron chi connectivity index (χ0n) is 10.6. The van der Waals surface area contributed by atoms with Gasteiger partial charge >= 0.3 is 0 Å². The maximum atomic E-state index is 6.01. The van der Waals surface area contributed by atoms with Crippen LogP contribution in [0, 0.1) is 0 Å². The van der Waals surface area contributed by atoms with E-state index in [-0.39, 0.29) is 11.1 Å². The van der Waals surface area contributed by atoms with Crippen molar-refractivity contribution in [2.24, 2.45) is 5.73 Å². The number of allylic oxidation sites excluding steroid dienone is 4. The van der Waals surface area contributed by atoms with Crippen molar-refractivity contribution in [1.29, 1.82) is 0 Å². The second-order valence-electron chi connectivity index (χ2n) is 5.46. The third-order valence-corrected chi connectivity index (χ3v) is 2.07. The molecule has 0 aliphatic heterocycles. The lowest BCUT2D eigenvalue weighted by molar-refractivity contribution is 0.0190. The summed E-state index contributed by atoms with van der Waals surface area (Å²) in [7, 11) is 0. The maximum Gasteiger partial charge on any atom is 0.120 e. The summed E-state index contributed by atoms with van der Waals surface area (Å²) >= 11 is 0. The highest BCUT2D eigenvalue weighted by molar-refractivity contribution is 5.25. The van der Waals surface area contributed by atoms with Crippen LogP contribution in [0.4, 0.5) is 0 Å². The standard InChI is InChI=1S/C14H21NO/c1-13(2,15)11-14(3,4)16-12-9-7-5-6-8-10-12/h5,7-10H,11,15H2,1-4H3. The average molecular weight is 219 g/mol. The summed E-state index contributed by atoms with van der Waals surface area (Å²) in [5.41, 5.74) is 8.51. The van der Waals surface area contributed by atoms with Gasteiger partial charge in [0.2, 0.25) is 0 Å². The van der Waals surface area contributed by atoms with Crippen LogP contribution in [-0.4, -0.2) is 11.1 Å². The molecule has 0 unspecified atom stereocenters. The Kier molecular flexibility index (Phi) is 3.79. The van der Waals surface area contributed by atoms with Gasteiger partial charge in [-0.2, -0.15) is 0 Å². The zero-order valence-corrected chi connectivity index (χ0v) is 10.6. The number of hydrogen-bond acceptors (Lipinski definition) is 2. The van der Waals surface area contributed by atoms with E-state index in [9.17, 15) is 0 Å². The monoisotopic (exact) mass is 219 g/mol. The highest BCUT2D eigenvalue weighted by Gasteiger charge is 2.27. The number of ether oxygens (including phenoxy) is 1. The normalized spacial score (nSPS) is 15.9. The van der Waals surface area contributed by atoms with Gasteiger partial charge in [0, 0.05) is 12.0 Å². The van der Waals surface area contributed by atoms with Gasteiger partial charge in [0.05, 0.1) is 0 Å². The molecule has 0 aromatic carbocycles. The molecule has 1 aliphatic carbocycles. The zero-order chi connectivity index (χ0) is 12.2. The third-order valence-electron chi connectivity index (χ3n) is 2.07. The molecule has 16 heavy (non-hydrogen) atoms. The fourth-order valence-corrected chi connectivity index (χ4v) is 1.96. The topological polar surface area (TPSA) is 35.2 Å². The van der Waals surface area contributed by atoms with Crippen LogP contribution in [0.1, 0.15) is 34.1 Å². The summed E-state index contributed by atoms with van der Waals surface area (Å²) < 4.78 is 5.94. The molecule has 1 rings (SSSR count). The lowest BCUT2D eigenvalue weighted by Crippen LogP contribution is -2.41. The van der Waals surface area contributed by atoms with E-state index in [1.807, 2.05) is 44.2 Å². The molecular weight excluding hydrogens is 198 g/mol. The van der Waals surface area contributed by atoms with Gasteiger partial charge < -0.3 is 10.5 Å². The van der Waals surface area contributed by atoms with Crippen molar-refractivity contribution < 1.29 is 4.74 Å². The molecule has 0 radical (unpaired) electrons. The Bertz CT molecular complexity index is 361. The van der Waals surface area contributed by atoms with Crippen molar-refractivity contribution >= 4 is 0 Å². The highest BCUT2D eigenvalue weighted by atomic mass is 16.5. The van der Waals surface area contributed by atoms with Crippen LogP contribution >= 0.6 is 0 Å². The summed E-state index contributed by atoms with van der Waals surface area (Å²) in [6.45, 7) is 8.13. The lowest BCUT2D eigenvalue weighted by Gasteiger charge is -2.33. The molecule has 1 aliphatic rings. The van der Waals surface area contributed by atoms with Gasteiger partial charge in [0.15, 0.2) is 0 Å². The predicted molar refractivity (Wildman–Crippen MR) is 67.9 cm³/mol. The first-order valence-electron chi connectivity index (χ1n) is 5.56. The molecule has 0 fully saturated rings. The first-order chi connectivity index (χ1) is 7.29. The Morgan fingerprint density at radius 2 is 1.94 bits per heavy atom. The van der Waals surface area contributed by atoms with Crippen molar-refractivity contribution in [2.45, 2.75) is 45.3 Å². The van der Waals surface area contributed by atoms with E-state index in [0.29, 0.717) is 0 Å². The van der Waals surface area contributed by atoms with Crippen LogP contribution in [0.5, 0.6) is 0 Å². The van der Waals surface area contributed by atoms with Gasteiger partial charge in [-0.05, 0) is 52.0 Å². The van der Waals surface area contributed by atoms with Crippen LogP contribution in [-0.2, 0) is 4.74 Å². The van der Waals surface area contributed by atoms with Gasteiger partial charge in [-0.15, -0.1) is 5.73 Å². The largest absolute Gasteiger partial charge is 0.488 e. The second-order valence-corrected chi connectivity index (χ2v) is 5.46. The molecule has 2 heteroatoms. The van der Waals surface area contributed by atoms with Gasteiger partial charge in [0.25, 0.3) is 0 Å². The van der Waals surface area contributed by atoms with Gasteiger partial charge in [-0.3, -0.25) is 0 Å². The van der Waals surface area contributed by atoms with Crippen molar-refractivity contribution in [3.05, 3.63) is 41.9 Å². The number of hydrogen-bond donors (Lipinski definition) is 1. The minimum Gasteiger partial charge on any atom is -0.488 e. The van der Waals surface area contributed by atoms with Crippen molar-refractivity contribution in [2.75, 3.05) is 0 Å². The second kappa shape index (κ2) is 4.73. The summed E-state index contributed by atoms with van der Waals surface area (Å²) in [5.74, 6) is 0.843. The lowest BCUT2D eigenvalue weighted by atomic mass is 9.90. The molecule has 0 bridgehead atoms. The Hall–Kier alpha value is -1.24. The first-order valence-corrected chi connectivity index (χ1v) is 5.56. The minimum atomic E-state index is -0.271. The molecule has 0 atom stereocenters. The summed E-state index contributed by atoms with van der Waals surface area (Å²) in [5, 5.41) is 0. The van der Waals surface area contributed by atoms with E-state index in [1.165, 1.54) is 0 Å². The van der Waals surface area contributed by atoms with Crippen LogP contribution < -0.4 is 5.73 Å². The van der Waals surface area contributed by atoms with E-state index in [1.54, 1.807) is 0 Å². The molecule has 0 saturated heterocycles. The fourth-order valence-electron chi connectivity index (χ4n) is 1.96. The minimum absolute atomic E-state index is 0.230. The van der Waals surface area contributed by atoms with E-state index in [0.717, 1.165) is 12.2 Å². The van der Waals surface area contributed by atoms with Crippen LogP contribution in [0.2, 0.25) is 0 Å². The van der Waals surface area contributed by atoms with Crippen molar-refractivity contribution in [3.63, 3.8) is 0 Å². The van der Waals surface area contributed by atoms with Crippen LogP contribution in [0.15, 0.2) is 41.9 Å². The Morgan fingerprint density at radius 1 is 1.25 bits per heavy atom.